The van der Waals surface area contributed by atoms with Crippen LogP contribution in [0.4, 0.5) is 0 Å². The summed E-state index contributed by atoms with van der Waals surface area (Å²) in [4.78, 5) is 11.6. The largest absolute Gasteiger partial charge is 0.356 e. The highest BCUT2D eigenvalue weighted by Gasteiger charge is 2.25. The second-order valence-corrected chi connectivity index (χ2v) is 5.16. The smallest absolute Gasteiger partial charge is 0.220 e. The van der Waals surface area contributed by atoms with E-state index >= 15 is 0 Å². The van der Waals surface area contributed by atoms with Gasteiger partial charge in [0.05, 0.1) is 0 Å². The van der Waals surface area contributed by atoms with Crippen molar-refractivity contribution in [1.82, 2.24) is 5.32 Å². The number of amides is 1. The van der Waals surface area contributed by atoms with Crippen LogP contribution >= 0.6 is 12.4 Å². The first-order chi connectivity index (χ1) is 7.25. The van der Waals surface area contributed by atoms with E-state index in [0.717, 1.165) is 25.3 Å². The van der Waals surface area contributed by atoms with Gasteiger partial charge in [-0.3, -0.25) is 4.79 Å². The van der Waals surface area contributed by atoms with Gasteiger partial charge in [0.1, 0.15) is 0 Å². The average Bonchev–Trinajstić information content (AvgIpc) is 3.02. The number of halogens is 1. The Morgan fingerprint density at radius 1 is 1.19 bits per heavy atom. The molecule has 16 heavy (non-hydrogen) atoms. The van der Waals surface area contributed by atoms with Gasteiger partial charge in [0.25, 0.3) is 0 Å². The van der Waals surface area contributed by atoms with E-state index in [-0.39, 0.29) is 24.4 Å². The molecule has 2 rings (SSSR count). The number of carbonyl (C=O) groups is 1. The van der Waals surface area contributed by atoms with Crippen LogP contribution in [-0.2, 0) is 4.79 Å². The third-order valence-electron chi connectivity index (χ3n) is 3.70. The molecular weight excluding hydrogens is 224 g/mol. The molecule has 0 aromatic carbocycles. The predicted octanol–water partition coefficient (Wildman–Crippen LogP) is 1.84. The first-order valence-corrected chi connectivity index (χ1v) is 6.28. The summed E-state index contributed by atoms with van der Waals surface area (Å²) in [5.74, 6) is 1.41. The molecule has 0 aliphatic heterocycles. The van der Waals surface area contributed by atoms with Gasteiger partial charge in [-0.05, 0) is 37.5 Å². The molecule has 3 nitrogen and oxygen atoms in total. The van der Waals surface area contributed by atoms with E-state index < -0.39 is 0 Å². The maximum atomic E-state index is 11.6. The molecule has 94 valence electrons. The lowest BCUT2D eigenvalue weighted by molar-refractivity contribution is -0.122. The average molecular weight is 247 g/mol. The SMILES string of the molecule is Cl.NC1CCCCC1CC(=O)NCC1CC1. The van der Waals surface area contributed by atoms with Crippen LogP contribution in [0.5, 0.6) is 0 Å². The van der Waals surface area contributed by atoms with Gasteiger partial charge in [0, 0.05) is 19.0 Å². The van der Waals surface area contributed by atoms with E-state index in [1.54, 1.807) is 0 Å². The number of nitrogens with one attached hydrogen (secondary N) is 1. The summed E-state index contributed by atoms with van der Waals surface area (Å²) in [7, 11) is 0. The highest BCUT2D eigenvalue weighted by molar-refractivity contribution is 5.85. The molecular formula is C12H23ClN2O. The second kappa shape index (κ2) is 6.45. The molecule has 4 heteroatoms. The molecule has 2 aliphatic carbocycles. The van der Waals surface area contributed by atoms with Gasteiger partial charge in [0.15, 0.2) is 0 Å². The molecule has 2 aliphatic rings. The fourth-order valence-corrected chi connectivity index (χ4v) is 2.38. The third-order valence-corrected chi connectivity index (χ3v) is 3.70. The summed E-state index contributed by atoms with van der Waals surface area (Å²) in [6.45, 7) is 0.890. The standard InChI is InChI=1S/C12H22N2O.ClH/c13-11-4-2-1-3-10(11)7-12(15)14-8-9-5-6-9;/h9-11H,1-8,13H2,(H,14,15);1H. The Bertz CT molecular complexity index is 231. The maximum absolute atomic E-state index is 11.6. The summed E-state index contributed by atoms with van der Waals surface area (Å²) in [5, 5.41) is 3.02. The monoisotopic (exact) mass is 246 g/mol. The van der Waals surface area contributed by atoms with E-state index in [0.29, 0.717) is 12.3 Å². The highest BCUT2D eigenvalue weighted by atomic mass is 35.5. The summed E-state index contributed by atoms with van der Waals surface area (Å²) < 4.78 is 0. The third kappa shape index (κ3) is 4.30. The van der Waals surface area contributed by atoms with Gasteiger partial charge < -0.3 is 11.1 Å². The van der Waals surface area contributed by atoms with Crippen molar-refractivity contribution in [2.24, 2.45) is 17.6 Å². The maximum Gasteiger partial charge on any atom is 0.220 e. The van der Waals surface area contributed by atoms with Crippen LogP contribution in [0.3, 0.4) is 0 Å². The number of hydrogen-bond acceptors (Lipinski definition) is 2. The van der Waals surface area contributed by atoms with E-state index in [9.17, 15) is 4.79 Å². The Balaban J connectivity index is 0.00000128. The van der Waals surface area contributed by atoms with Crippen molar-refractivity contribution in [3.05, 3.63) is 0 Å². The number of rotatable bonds is 4. The zero-order chi connectivity index (χ0) is 10.7. The molecule has 0 radical (unpaired) electrons. The zero-order valence-electron chi connectivity index (χ0n) is 9.78. The molecule has 2 saturated carbocycles. The molecule has 2 fully saturated rings. The van der Waals surface area contributed by atoms with Crippen molar-refractivity contribution in [1.29, 1.82) is 0 Å². The van der Waals surface area contributed by atoms with E-state index in [4.69, 9.17) is 5.73 Å². The predicted molar refractivity (Wildman–Crippen MR) is 67.5 cm³/mol. The van der Waals surface area contributed by atoms with E-state index in [1.807, 2.05) is 0 Å². The Morgan fingerprint density at radius 2 is 1.88 bits per heavy atom. The summed E-state index contributed by atoms with van der Waals surface area (Å²) in [6, 6.07) is 0.255. The molecule has 0 bridgehead atoms. The van der Waals surface area contributed by atoms with Crippen molar-refractivity contribution in [2.75, 3.05) is 6.54 Å². The van der Waals surface area contributed by atoms with E-state index in [1.165, 1.54) is 25.7 Å². The normalized spacial score (nSPS) is 29.3. The number of carbonyl (C=O) groups excluding carboxylic acids is 1. The molecule has 0 aromatic heterocycles. The Labute approximate surface area is 104 Å². The molecule has 2 unspecified atom stereocenters. The van der Waals surface area contributed by atoms with Gasteiger partial charge in [0.2, 0.25) is 5.91 Å². The van der Waals surface area contributed by atoms with Crippen molar-refractivity contribution < 1.29 is 4.79 Å². The molecule has 0 saturated heterocycles. The van der Waals surface area contributed by atoms with Crippen molar-refractivity contribution >= 4 is 18.3 Å². The summed E-state index contributed by atoms with van der Waals surface area (Å²) in [5.41, 5.74) is 6.02. The lowest BCUT2D eigenvalue weighted by Gasteiger charge is -2.27. The minimum Gasteiger partial charge on any atom is -0.356 e. The van der Waals surface area contributed by atoms with Crippen LogP contribution in [0, 0.1) is 11.8 Å². The summed E-state index contributed by atoms with van der Waals surface area (Å²) >= 11 is 0. The number of nitrogens with two attached hydrogens (primary N) is 1. The van der Waals surface area contributed by atoms with Gasteiger partial charge in [-0.25, -0.2) is 0 Å². The quantitative estimate of drug-likeness (QED) is 0.796. The van der Waals surface area contributed by atoms with Crippen molar-refractivity contribution in [3.8, 4) is 0 Å². The van der Waals surface area contributed by atoms with Crippen molar-refractivity contribution in [3.63, 3.8) is 0 Å². The minimum absolute atomic E-state index is 0. The van der Waals surface area contributed by atoms with Gasteiger partial charge in [-0.1, -0.05) is 12.8 Å². The Kier molecular flexibility index (Phi) is 5.56. The molecule has 0 aromatic rings. The summed E-state index contributed by atoms with van der Waals surface area (Å²) in [6.07, 6.45) is 7.95. The second-order valence-electron chi connectivity index (χ2n) is 5.16. The van der Waals surface area contributed by atoms with Crippen LogP contribution in [0.2, 0.25) is 0 Å². The number of hydrogen-bond donors (Lipinski definition) is 2. The zero-order valence-corrected chi connectivity index (χ0v) is 10.6. The molecule has 3 N–H and O–H groups in total. The molecule has 1 amide bonds. The minimum atomic E-state index is 0. The van der Waals surface area contributed by atoms with Gasteiger partial charge in [-0.15, -0.1) is 12.4 Å². The topological polar surface area (TPSA) is 55.1 Å². The molecule has 0 heterocycles. The van der Waals surface area contributed by atoms with Crippen LogP contribution in [0.15, 0.2) is 0 Å². The molecule has 2 atom stereocenters. The van der Waals surface area contributed by atoms with Gasteiger partial charge >= 0.3 is 0 Å². The fourth-order valence-electron chi connectivity index (χ4n) is 2.38. The first kappa shape index (κ1) is 13.8. The lowest BCUT2D eigenvalue weighted by atomic mass is 9.83. The highest BCUT2D eigenvalue weighted by Crippen LogP contribution is 2.28. The van der Waals surface area contributed by atoms with Crippen LogP contribution in [0.25, 0.3) is 0 Å². The fraction of sp³-hybridized carbons (Fsp3) is 0.917. The molecule has 0 spiro atoms. The van der Waals surface area contributed by atoms with E-state index in [2.05, 4.69) is 5.32 Å². The Morgan fingerprint density at radius 3 is 2.50 bits per heavy atom. The first-order valence-electron chi connectivity index (χ1n) is 6.28. The Hall–Kier alpha value is -0.280. The van der Waals surface area contributed by atoms with Crippen LogP contribution in [-0.4, -0.2) is 18.5 Å². The van der Waals surface area contributed by atoms with Crippen molar-refractivity contribution in [2.45, 2.75) is 51.0 Å². The van der Waals surface area contributed by atoms with Crippen LogP contribution in [0.1, 0.15) is 44.9 Å². The van der Waals surface area contributed by atoms with Crippen LogP contribution < -0.4 is 11.1 Å². The lowest BCUT2D eigenvalue weighted by Crippen LogP contribution is -2.37. The van der Waals surface area contributed by atoms with Gasteiger partial charge in [-0.2, -0.15) is 0 Å².